The molecule has 0 radical (unpaired) electrons. The summed E-state index contributed by atoms with van der Waals surface area (Å²) in [5, 5.41) is 0. The van der Waals surface area contributed by atoms with Gasteiger partial charge in [0.25, 0.3) is 0 Å². The van der Waals surface area contributed by atoms with Crippen molar-refractivity contribution < 1.29 is 17.9 Å². The van der Waals surface area contributed by atoms with E-state index in [4.69, 9.17) is 4.74 Å². The van der Waals surface area contributed by atoms with E-state index in [1.165, 1.54) is 6.26 Å². The van der Waals surface area contributed by atoms with E-state index < -0.39 is 9.84 Å². The molecule has 0 aromatic heterocycles. The second-order valence-corrected chi connectivity index (χ2v) is 9.53. The van der Waals surface area contributed by atoms with Crippen molar-refractivity contribution in [2.45, 2.75) is 31.1 Å². The van der Waals surface area contributed by atoms with Gasteiger partial charge in [-0.2, -0.15) is 0 Å². The number of rotatable bonds is 6. The summed E-state index contributed by atoms with van der Waals surface area (Å²) >= 11 is 0. The molecule has 0 aliphatic carbocycles. The molecule has 6 heteroatoms. The highest BCUT2D eigenvalue weighted by molar-refractivity contribution is 7.90. The number of ether oxygens (including phenoxy) is 1. The fraction of sp³-hybridized carbons (Fsp3) is 0.409. The number of likely N-dealkylation sites (tertiary alicyclic amines) is 1. The number of aryl methyl sites for hydroxylation is 1. The molecule has 1 amide bonds. The molecule has 2 aromatic rings. The van der Waals surface area contributed by atoms with E-state index in [0.29, 0.717) is 19.1 Å². The van der Waals surface area contributed by atoms with Gasteiger partial charge in [0.2, 0.25) is 5.91 Å². The summed E-state index contributed by atoms with van der Waals surface area (Å²) in [5.74, 6) is 1.30. The van der Waals surface area contributed by atoms with Crippen molar-refractivity contribution in [3.8, 4) is 5.75 Å². The Hall–Kier alpha value is -2.34. The van der Waals surface area contributed by atoms with Crippen LogP contribution in [0.3, 0.4) is 0 Å². The summed E-state index contributed by atoms with van der Waals surface area (Å²) in [5.41, 5.74) is 1.94. The lowest BCUT2D eigenvalue weighted by molar-refractivity contribution is -0.132. The van der Waals surface area contributed by atoms with Crippen LogP contribution in [0.4, 0.5) is 0 Å². The minimum Gasteiger partial charge on any atom is -0.493 e. The first kappa shape index (κ1) is 20.4. The monoisotopic (exact) mass is 401 g/mol. The van der Waals surface area contributed by atoms with Crippen LogP contribution in [0, 0.1) is 12.8 Å². The Morgan fingerprint density at radius 2 is 1.86 bits per heavy atom. The number of benzene rings is 2. The van der Waals surface area contributed by atoms with Crippen molar-refractivity contribution in [2.75, 3.05) is 26.0 Å². The Morgan fingerprint density at radius 1 is 1.14 bits per heavy atom. The molecule has 0 spiro atoms. The number of hydrogen-bond acceptors (Lipinski definition) is 4. The van der Waals surface area contributed by atoms with Gasteiger partial charge in [0.15, 0.2) is 9.84 Å². The van der Waals surface area contributed by atoms with Gasteiger partial charge in [-0.1, -0.05) is 30.3 Å². The maximum atomic E-state index is 12.7. The first-order chi connectivity index (χ1) is 13.3. The molecule has 1 heterocycles. The van der Waals surface area contributed by atoms with Gasteiger partial charge in [0, 0.05) is 25.3 Å². The van der Waals surface area contributed by atoms with Gasteiger partial charge in [0.1, 0.15) is 5.75 Å². The second kappa shape index (κ2) is 8.78. The molecule has 2 aromatic carbocycles. The third kappa shape index (κ3) is 5.35. The van der Waals surface area contributed by atoms with Crippen LogP contribution in [0.1, 0.15) is 24.0 Å². The molecule has 28 heavy (non-hydrogen) atoms. The van der Waals surface area contributed by atoms with Crippen LogP contribution in [-0.4, -0.2) is 45.2 Å². The number of carbonyl (C=O) groups excluding carboxylic acids is 1. The third-order valence-corrected chi connectivity index (χ3v) is 6.28. The highest BCUT2D eigenvalue weighted by atomic mass is 32.2. The van der Waals surface area contributed by atoms with Gasteiger partial charge in [0.05, 0.1) is 17.9 Å². The van der Waals surface area contributed by atoms with Crippen molar-refractivity contribution in [1.82, 2.24) is 4.90 Å². The standard InChI is InChI=1S/C22H27NO4S/c1-17-6-3-4-8-21(17)27-16-19-7-5-13-23(15-19)22(24)14-18-9-11-20(12-10-18)28(2,25)26/h3-4,6,8-12,19H,5,7,13-16H2,1-2H3. The molecule has 1 aliphatic heterocycles. The van der Waals surface area contributed by atoms with Crippen molar-refractivity contribution in [3.05, 3.63) is 59.7 Å². The van der Waals surface area contributed by atoms with Crippen molar-refractivity contribution >= 4 is 15.7 Å². The number of hydrogen-bond donors (Lipinski definition) is 0. The van der Waals surface area contributed by atoms with Crippen LogP contribution < -0.4 is 4.74 Å². The fourth-order valence-electron chi connectivity index (χ4n) is 3.49. The molecular formula is C22H27NO4S. The molecule has 1 atom stereocenters. The van der Waals surface area contributed by atoms with E-state index in [1.807, 2.05) is 36.1 Å². The molecule has 1 saturated heterocycles. The van der Waals surface area contributed by atoms with Crippen LogP contribution in [0.25, 0.3) is 0 Å². The summed E-state index contributed by atoms with van der Waals surface area (Å²) in [4.78, 5) is 14.9. The van der Waals surface area contributed by atoms with Gasteiger partial charge in [-0.25, -0.2) is 8.42 Å². The van der Waals surface area contributed by atoms with E-state index in [0.717, 1.165) is 36.3 Å². The predicted octanol–water partition coefficient (Wildman–Crippen LogP) is 3.26. The van der Waals surface area contributed by atoms with E-state index in [9.17, 15) is 13.2 Å². The zero-order chi connectivity index (χ0) is 20.1. The van der Waals surface area contributed by atoms with Crippen LogP contribution >= 0.6 is 0 Å². The number of carbonyl (C=O) groups is 1. The van der Waals surface area contributed by atoms with E-state index >= 15 is 0 Å². The first-order valence-corrected chi connectivity index (χ1v) is 11.5. The van der Waals surface area contributed by atoms with Gasteiger partial charge < -0.3 is 9.64 Å². The summed E-state index contributed by atoms with van der Waals surface area (Å²) in [6, 6.07) is 14.5. The molecule has 1 unspecified atom stereocenters. The first-order valence-electron chi connectivity index (χ1n) is 9.58. The molecule has 1 aliphatic rings. The molecule has 5 nitrogen and oxygen atoms in total. The van der Waals surface area contributed by atoms with E-state index in [-0.39, 0.29) is 17.2 Å². The summed E-state index contributed by atoms with van der Waals surface area (Å²) in [7, 11) is -3.22. The van der Waals surface area contributed by atoms with Crippen LogP contribution in [-0.2, 0) is 21.1 Å². The minimum absolute atomic E-state index is 0.0766. The minimum atomic E-state index is -3.22. The summed E-state index contributed by atoms with van der Waals surface area (Å²) in [6.45, 7) is 4.10. The summed E-state index contributed by atoms with van der Waals surface area (Å²) in [6.07, 6.45) is 3.49. The Labute approximate surface area is 167 Å². The zero-order valence-electron chi connectivity index (χ0n) is 16.4. The quantitative estimate of drug-likeness (QED) is 0.745. The Morgan fingerprint density at radius 3 is 2.54 bits per heavy atom. The number of nitrogens with zero attached hydrogens (tertiary/aromatic N) is 1. The van der Waals surface area contributed by atoms with Crippen molar-refractivity contribution in [3.63, 3.8) is 0 Å². The normalized spacial score (nSPS) is 17.4. The Kier molecular flexibility index (Phi) is 6.39. The molecule has 3 rings (SSSR count). The second-order valence-electron chi connectivity index (χ2n) is 7.52. The molecule has 0 N–H and O–H groups in total. The average Bonchev–Trinajstić information content (AvgIpc) is 2.67. The average molecular weight is 402 g/mol. The van der Waals surface area contributed by atoms with Gasteiger partial charge in [-0.05, 0) is 49.1 Å². The van der Waals surface area contributed by atoms with Gasteiger partial charge >= 0.3 is 0 Å². The van der Waals surface area contributed by atoms with Crippen LogP contribution in [0.2, 0.25) is 0 Å². The lowest BCUT2D eigenvalue weighted by Crippen LogP contribution is -2.42. The van der Waals surface area contributed by atoms with Gasteiger partial charge in [-0.15, -0.1) is 0 Å². The van der Waals surface area contributed by atoms with Crippen molar-refractivity contribution in [2.24, 2.45) is 5.92 Å². The topological polar surface area (TPSA) is 63.7 Å². The Bertz CT molecular complexity index is 922. The number of sulfone groups is 1. The number of amides is 1. The van der Waals surface area contributed by atoms with Crippen LogP contribution in [0.5, 0.6) is 5.75 Å². The maximum Gasteiger partial charge on any atom is 0.227 e. The predicted molar refractivity (Wildman–Crippen MR) is 109 cm³/mol. The SMILES string of the molecule is Cc1ccccc1OCC1CCCN(C(=O)Cc2ccc(S(C)(=O)=O)cc2)C1. The largest absolute Gasteiger partial charge is 0.493 e. The molecule has 0 bridgehead atoms. The maximum absolute atomic E-state index is 12.7. The smallest absolute Gasteiger partial charge is 0.227 e. The van der Waals surface area contributed by atoms with Crippen molar-refractivity contribution in [1.29, 1.82) is 0 Å². The third-order valence-electron chi connectivity index (χ3n) is 5.15. The molecule has 0 saturated carbocycles. The number of piperidine rings is 1. The van der Waals surface area contributed by atoms with Crippen LogP contribution in [0.15, 0.2) is 53.4 Å². The number of para-hydroxylation sites is 1. The molecular weight excluding hydrogens is 374 g/mol. The lowest BCUT2D eigenvalue weighted by atomic mass is 9.98. The van der Waals surface area contributed by atoms with E-state index in [2.05, 4.69) is 0 Å². The Balaban J connectivity index is 1.54. The fourth-order valence-corrected chi connectivity index (χ4v) is 4.13. The highest BCUT2D eigenvalue weighted by Crippen LogP contribution is 2.22. The lowest BCUT2D eigenvalue weighted by Gasteiger charge is -2.33. The van der Waals surface area contributed by atoms with E-state index in [1.54, 1.807) is 24.3 Å². The molecule has 150 valence electrons. The highest BCUT2D eigenvalue weighted by Gasteiger charge is 2.24. The zero-order valence-corrected chi connectivity index (χ0v) is 17.2. The molecule has 1 fully saturated rings. The van der Waals surface area contributed by atoms with Gasteiger partial charge in [-0.3, -0.25) is 4.79 Å². The summed E-state index contributed by atoms with van der Waals surface area (Å²) < 4.78 is 29.1.